The third kappa shape index (κ3) is 4.27. The fourth-order valence-corrected chi connectivity index (χ4v) is 2.73. The first-order valence-electron chi connectivity index (χ1n) is 7.46. The lowest BCUT2D eigenvalue weighted by molar-refractivity contribution is -0.133. The molecule has 0 heterocycles. The molecule has 2 N–H and O–H groups in total. The molecule has 1 saturated carbocycles. The third-order valence-electron chi connectivity index (χ3n) is 4.60. The van der Waals surface area contributed by atoms with Crippen molar-refractivity contribution in [2.75, 3.05) is 7.05 Å². The lowest BCUT2D eigenvalue weighted by Gasteiger charge is -2.35. The Morgan fingerprint density at radius 2 is 1.83 bits per heavy atom. The lowest BCUT2D eigenvalue weighted by atomic mass is 9.84. The molecule has 1 aliphatic rings. The van der Waals surface area contributed by atoms with Crippen molar-refractivity contribution in [3.05, 3.63) is 0 Å². The van der Waals surface area contributed by atoms with Crippen LogP contribution in [0.15, 0.2) is 0 Å². The van der Waals surface area contributed by atoms with Crippen molar-refractivity contribution >= 4 is 5.91 Å². The van der Waals surface area contributed by atoms with Gasteiger partial charge in [0, 0.05) is 25.6 Å². The van der Waals surface area contributed by atoms with Crippen LogP contribution in [0, 0.1) is 11.8 Å². The number of rotatable bonds is 5. The second-order valence-corrected chi connectivity index (χ2v) is 6.20. The van der Waals surface area contributed by atoms with Gasteiger partial charge in [-0.15, -0.1) is 0 Å². The van der Waals surface area contributed by atoms with Crippen molar-refractivity contribution < 1.29 is 4.79 Å². The molecule has 0 saturated heterocycles. The number of carbonyl (C=O) groups is 1. The van der Waals surface area contributed by atoms with E-state index in [0.717, 1.165) is 18.8 Å². The molecule has 1 unspecified atom stereocenters. The molecule has 18 heavy (non-hydrogen) atoms. The number of nitrogens with zero attached hydrogens (tertiary/aromatic N) is 1. The Balaban J connectivity index is 2.40. The first-order chi connectivity index (χ1) is 8.45. The molecule has 106 valence electrons. The van der Waals surface area contributed by atoms with E-state index in [9.17, 15) is 4.79 Å². The predicted molar refractivity (Wildman–Crippen MR) is 76.2 cm³/mol. The number of carbonyl (C=O) groups excluding carboxylic acids is 1. The summed E-state index contributed by atoms with van der Waals surface area (Å²) >= 11 is 0. The molecular weight excluding hydrogens is 224 g/mol. The Kier molecular flexibility index (Phi) is 6.13. The zero-order valence-corrected chi connectivity index (χ0v) is 12.5. The number of hydrogen-bond acceptors (Lipinski definition) is 2. The van der Waals surface area contributed by atoms with Crippen molar-refractivity contribution in [1.29, 1.82) is 0 Å². The average molecular weight is 254 g/mol. The van der Waals surface area contributed by atoms with Gasteiger partial charge in [-0.3, -0.25) is 4.79 Å². The van der Waals surface area contributed by atoms with Crippen LogP contribution < -0.4 is 5.73 Å². The summed E-state index contributed by atoms with van der Waals surface area (Å²) in [6.07, 6.45) is 6.64. The van der Waals surface area contributed by atoms with E-state index < -0.39 is 0 Å². The molecule has 0 aromatic rings. The quantitative estimate of drug-likeness (QED) is 0.820. The van der Waals surface area contributed by atoms with Crippen LogP contribution in [0.4, 0.5) is 0 Å². The van der Waals surface area contributed by atoms with Crippen molar-refractivity contribution in [3.63, 3.8) is 0 Å². The molecule has 0 spiro atoms. The van der Waals surface area contributed by atoms with Gasteiger partial charge in [0.2, 0.25) is 5.91 Å². The standard InChI is InChI=1S/C15H30N2O/c1-5-12-6-8-13(9-7-12)17(4)15(18)10-14(16)11(2)3/h11-14H,5-10,16H2,1-4H3. The monoisotopic (exact) mass is 254 g/mol. The number of nitrogens with two attached hydrogens (primary N) is 1. The largest absolute Gasteiger partial charge is 0.343 e. The van der Waals surface area contributed by atoms with Crippen molar-refractivity contribution in [1.82, 2.24) is 4.90 Å². The highest BCUT2D eigenvalue weighted by Gasteiger charge is 2.26. The summed E-state index contributed by atoms with van der Waals surface area (Å²) in [5, 5.41) is 0. The van der Waals surface area contributed by atoms with E-state index in [2.05, 4.69) is 20.8 Å². The van der Waals surface area contributed by atoms with Crippen LogP contribution in [0.1, 0.15) is 59.3 Å². The maximum Gasteiger partial charge on any atom is 0.224 e. The minimum atomic E-state index is -0.00747. The van der Waals surface area contributed by atoms with Crippen LogP contribution in [0.25, 0.3) is 0 Å². The van der Waals surface area contributed by atoms with Gasteiger partial charge in [-0.1, -0.05) is 27.2 Å². The zero-order chi connectivity index (χ0) is 13.7. The van der Waals surface area contributed by atoms with E-state index in [4.69, 9.17) is 5.73 Å². The summed E-state index contributed by atoms with van der Waals surface area (Å²) in [6.45, 7) is 6.41. The fraction of sp³-hybridized carbons (Fsp3) is 0.933. The van der Waals surface area contributed by atoms with Gasteiger partial charge in [-0.05, 0) is 37.5 Å². The topological polar surface area (TPSA) is 46.3 Å². The maximum atomic E-state index is 12.2. The summed E-state index contributed by atoms with van der Waals surface area (Å²) in [5.74, 6) is 1.47. The van der Waals surface area contributed by atoms with Crippen LogP contribution in [0.3, 0.4) is 0 Å². The molecule has 3 heteroatoms. The smallest absolute Gasteiger partial charge is 0.224 e. The van der Waals surface area contributed by atoms with Crippen LogP contribution in [-0.4, -0.2) is 29.9 Å². The molecule has 0 bridgehead atoms. The number of hydrogen-bond donors (Lipinski definition) is 1. The van der Waals surface area contributed by atoms with Gasteiger partial charge >= 0.3 is 0 Å². The molecular formula is C15H30N2O. The van der Waals surface area contributed by atoms with Crippen molar-refractivity contribution in [3.8, 4) is 0 Å². The second kappa shape index (κ2) is 7.13. The van der Waals surface area contributed by atoms with Gasteiger partial charge in [0.1, 0.15) is 0 Å². The first-order valence-corrected chi connectivity index (χ1v) is 7.46. The molecule has 0 aromatic heterocycles. The number of amides is 1. The molecule has 1 amide bonds. The van der Waals surface area contributed by atoms with Gasteiger partial charge in [0.15, 0.2) is 0 Å². The Morgan fingerprint density at radius 3 is 2.28 bits per heavy atom. The Labute approximate surface area is 112 Å². The highest BCUT2D eigenvalue weighted by Crippen LogP contribution is 2.29. The SMILES string of the molecule is CCC1CCC(N(C)C(=O)CC(N)C(C)C)CC1. The maximum absolute atomic E-state index is 12.2. The summed E-state index contributed by atoms with van der Waals surface area (Å²) in [7, 11) is 1.95. The van der Waals surface area contributed by atoms with E-state index in [1.54, 1.807) is 0 Å². The molecule has 0 radical (unpaired) electrons. The minimum absolute atomic E-state index is 0.00747. The van der Waals surface area contributed by atoms with Gasteiger partial charge in [0.05, 0.1) is 0 Å². The van der Waals surface area contributed by atoms with E-state index in [-0.39, 0.29) is 11.9 Å². The van der Waals surface area contributed by atoms with E-state index in [1.807, 2.05) is 11.9 Å². The molecule has 0 aliphatic heterocycles. The molecule has 1 rings (SSSR count). The van der Waals surface area contributed by atoms with Gasteiger partial charge in [-0.25, -0.2) is 0 Å². The van der Waals surface area contributed by atoms with Crippen LogP contribution in [-0.2, 0) is 4.79 Å². The Bertz CT molecular complexity index is 257. The average Bonchev–Trinajstić information content (AvgIpc) is 2.37. The first kappa shape index (κ1) is 15.5. The highest BCUT2D eigenvalue weighted by molar-refractivity contribution is 5.76. The summed E-state index contributed by atoms with van der Waals surface area (Å²) in [4.78, 5) is 14.1. The second-order valence-electron chi connectivity index (χ2n) is 6.20. The van der Waals surface area contributed by atoms with Crippen LogP contribution in [0.5, 0.6) is 0 Å². The van der Waals surface area contributed by atoms with Gasteiger partial charge in [-0.2, -0.15) is 0 Å². The predicted octanol–water partition coefficient (Wildman–Crippen LogP) is 2.79. The Hall–Kier alpha value is -0.570. The van der Waals surface area contributed by atoms with Gasteiger partial charge in [0.25, 0.3) is 0 Å². The molecule has 1 atom stereocenters. The zero-order valence-electron chi connectivity index (χ0n) is 12.5. The lowest BCUT2D eigenvalue weighted by Crippen LogP contribution is -2.42. The van der Waals surface area contributed by atoms with Gasteiger partial charge < -0.3 is 10.6 Å². The van der Waals surface area contributed by atoms with Crippen molar-refractivity contribution in [2.24, 2.45) is 17.6 Å². The van der Waals surface area contributed by atoms with Crippen molar-refractivity contribution in [2.45, 2.75) is 71.4 Å². The summed E-state index contributed by atoms with van der Waals surface area (Å²) < 4.78 is 0. The fourth-order valence-electron chi connectivity index (χ4n) is 2.73. The molecule has 0 aromatic carbocycles. The molecule has 1 fully saturated rings. The van der Waals surface area contributed by atoms with E-state index in [1.165, 1.54) is 19.3 Å². The Morgan fingerprint density at radius 1 is 1.28 bits per heavy atom. The van der Waals surface area contributed by atoms with Crippen LogP contribution >= 0.6 is 0 Å². The van der Waals surface area contributed by atoms with E-state index in [0.29, 0.717) is 18.4 Å². The highest BCUT2D eigenvalue weighted by atomic mass is 16.2. The minimum Gasteiger partial charge on any atom is -0.343 e. The third-order valence-corrected chi connectivity index (χ3v) is 4.60. The van der Waals surface area contributed by atoms with E-state index >= 15 is 0 Å². The van der Waals surface area contributed by atoms with Crippen LogP contribution in [0.2, 0.25) is 0 Å². The molecule has 1 aliphatic carbocycles. The summed E-state index contributed by atoms with van der Waals surface area (Å²) in [6, 6.07) is 0.437. The summed E-state index contributed by atoms with van der Waals surface area (Å²) in [5.41, 5.74) is 5.98. The molecule has 3 nitrogen and oxygen atoms in total. The normalized spacial score (nSPS) is 26.1.